The van der Waals surface area contributed by atoms with Crippen LogP contribution in [0.25, 0.3) is 0 Å². The average molecular weight is 184 g/mol. The summed E-state index contributed by atoms with van der Waals surface area (Å²) in [5.74, 6) is 0. The van der Waals surface area contributed by atoms with Gasteiger partial charge >= 0.3 is 0 Å². The van der Waals surface area contributed by atoms with Crippen LogP contribution in [0.4, 0.5) is 0 Å². The molecular weight excluding hydrogens is 163 g/mol. The van der Waals surface area contributed by atoms with Crippen LogP contribution in [0.1, 0.15) is 26.3 Å². The minimum atomic E-state index is 1.17. The van der Waals surface area contributed by atoms with Gasteiger partial charge in [0, 0.05) is 0 Å². The van der Waals surface area contributed by atoms with Crippen LogP contribution >= 0.6 is 9.24 Å². The lowest BCUT2D eigenvalue weighted by molar-refractivity contribution is 1.48. The Labute approximate surface area is 79.6 Å². The van der Waals surface area contributed by atoms with Crippen LogP contribution in [0.2, 0.25) is 0 Å². The Morgan fingerprint density at radius 3 is 1.58 bits per heavy atom. The van der Waals surface area contributed by atoms with Crippen LogP contribution in [0.5, 0.6) is 0 Å². The largest absolute Gasteiger partial charge is 0.138 e. The summed E-state index contributed by atoms with van der Waals surface area (Å²) >= 11 is 0. The molecule has 0 saturated carbocycles. The van der Waals surface area contributed by atoms with Crippen LogP contribution in [0.15, 0.2) is 30.3 Å². The second-order valence-corrected chi connectivity index (χ2v) is 2.88. The van der Waals surface area contributed by atoms with Crippen molar-refractivity contribution < 1.29 is 0 Å². The molecule has 0 radical (unpaired) electrons. The monoisotopic (exact) mass is 184 g/mol. The topological polar surface area (TPSA) is 0 Å². The van der Waals surface area contributed by atoms with E-state index in [2.05, 4.69) is 35.2 Å². The molecule has 0 heterocycles. The summed E-state index contributed by atoms with van der Waals surface area (Å²) in [5.41, 5.74) is 1.32. The fraction of sp³-hybridized carbons (Fsp3) is 0.455. The van der Waals surface area contributed by atoms with E-state index in [9.17, 15) is 0 Å². The maximum atomic E-state index is 2.58. The molecule has 1 aromatic carbocycles. The van der Waals surface area contributed by atoms with E-state index in [-0.39, 0.29) is 0 Å². The number of hydrogen-bond acceptors (Lipinski definition) is 0. The van der Waals surface area contributed by atoms with Gasteiger partial charge in [-0.3, -0.25) is 0 Å². The van der Waals surface area contributed by atoms with Gasteiger partial charge in [0.15, 0.2) is 0 Å². The number of aryl methyl sites for hydroxylation is 1. The lowest BCUT2D eigenvalue weighted by Crippen LogP contribution is -1.62. The van der Waals surface area contributed by atoms with Gasteiger partial charge in [0.1, 0.15) is 0 Å². The lowest BCUT2D eigenvalue weighted by Gasteiger charge is -1.82. The predicted molar refractivity (Wildman–Crippen MR) is 62.8 cm³/mol. The first-order chi connectivity index (χ1) is 5.81. The third-order valence-corrected chi connectivity index (χ3v) is 0.940. The Morgan fingerprint density at radius 2 is 1.42 bits per heavy atom. The molecule has 1 heteroatoms. The van der Waals surface area contributed by atoms with Gasteiger partial charge in [-0.2, -0.15) is 0 Å². The van der Waals surface area contributed by atoms with E-state index >= 15 is 0 Å². The zero-order valence-electron chi connectivity index (χ0n) is 8.67. The van der Waals surface area contributed by atoms with Crippen molar-refractivity contribution in [2.45, 2.75) is 27.7 Å². The highest BCUT2D eigenvalue weighted by molar-refractivity contribution is 7.16. The van der Waals surface area contributed by atoms with Crippen molar-refractivity contribution in [1.29, 1.82) is 0 Å². The number of hydrogen-bond donors (Lipinski definition) is 0. The van der Waals surface area contributed by atoms with Crippen LogP contribution < -0.4 is 0 Å². The summed E-state index contributed by atoms with van der Waals surface area (Å²) < 4.78 is 0. The average Bonchev–Trinajstić information content (AvgIpc) is 2.11. The molecule has 1 unspecified atom stereocenters. The first kappa shape index (κ1) is 14.2. The number of benzene rings is 1. The second kappa shape index (κ2) is 13.3. The molecule has 0 aliphatic rings. The highest BCUT2D eigenvalue weighted by Crippen LogP contribution is 1.92. The minimum Gasteiger partial charge on any atom is -0.138 e. The molecule has 0 saturated heterocycles. The standard InChI is InChI=1S/C7H8.C2H7P.C2H6/c1-7-5-3-2-4-6-7;1-2-3;1-2/h2-6H,1H3;2-3H2,1H3;1-2H3. The predicted octanol–water partition coefficient (Wildman–Crippen LogP) is 3.90. The van der Waals surface area contributed by atoms with Crippen LogP contribution in [-0.4, -0.2) is 6.16 Å². The highest BCUT2D eigenvalue weighted by Gasteiger charge is 1.72. The van der Waals surface area contributed by atoms with E-state index in [1.54, 1.807) is 0 Å². The van der Waals surface area contributed by atoms with Crippen molar-refractivity contribution in [2.75, 3.05) is 6.16 Å². The van der Waals surface area contributed by atoms with E-state index in [0.717, 1.165) is 0 Å². The van der Waals surface area contributed by atoms with Gasteiger partial charge in [0.05, 0.1) is 0 Å². The summed E-state index contributed by atoms with van der Waals surface area (Å²) in [7, 11) is 2.58. The third kappa shape index (κ3) is 12.3. The molecule has 12 heavy (non-hydrogen) atoms. The van der Waals surface area contributed by atoms with Crippen LogP contribution in [0, 0.1) is 6.92 Å². The fourth-order valence-electron chi connectivity index (χ4n) is 0.534. The van der Waals surface area contributed by atoms with Gasteiger partial charge in [-0.05, 0) is 13.1 Å². The van der Waals surface area contributed by atoms with Crippen molar-refractivity contribution in [3.05, 3.63) is 35.9 Å². The van der Waals surface area contributed by atoms with Gasteiger partial charge in [-0.15, -0.1) is 9.24 Å². The number of rotatable bonds is 0. The molecule has 1 rings (SSSR count). The van der Waals surface area contributed by atoms with Crippen LogP contribution in [-0.2, 0) is 0 Å². The molecule has 0 aliphatic carbocycles. The van der Waals surface area contributed by atoms with Gasteiger partial charge in [0.2, 0.25) is 0 Å². The summed E-state index contributed by atoms with van der Waals surface area (Å²) in [6.45, 7) is 8.17. The molecule has 0 spiro atoms. The SMILES string of the molecule is CC.CCP.Cc1ccccc1. The van der Waals surface area contributed by atoms with E-state index in [0.29, 0.717) is 0 Å². The molecule has 0 nitrogen and oxygen atoms in total. The van der Waals surface area contributed by atoms with Gasteiger partial charge in [0.25, 0.3) is 0 Å². The summed E-state index contributed by atoms with van der Waals surface area (Å²) in [6, 6.07) is 10.3. The Kier molecular flexibility index (Phi) is 15.7. The third-order valence-electron chi connectivity index (χ3n) is 0.940. The van der Waals surface area contributed by atoms with Crippen molar-refractivity contribution >= 4 is 9.24 Å². The van der Waals surface area contributed by atoms with E-state index in [1.165, 1.54) is 11.7 Å². The normalized spacial score (nSPS) is 7.08. The summed E-state index contributed by atoms with van der Waals surface area (Å²) in [4.78, 5) is 0. The van der Waals surface area contributed by atoms with Gasteiger partial charge < -0.3 is 0 Å². The zero-order valence-corrected chi connectivity index (χ0v) is 9.83. The van der Waals surface area contributed by atoms with Crippen molar-refractivity contribution in [3.8, 4) is 0 Å². The van der Waals surface area contributed by atoms with E-state index in [1.807, 2.05) is 32.0 Å². The molecule has 0 N–H and O–H groups in total. The van der Waals surface area contributed by atoms with E-state index in [4.69, 9.17) is 0 Å². The smallest absolute Gasteiger partial charge is 0.0398 e. The maximum Gasteiger partial charge on any atom is -0.0398 e. The quantitative estimate of drug-likeness (QED) is 0.536. The van der Waals surface area contributed by atoms with E-state index < -0.39 is 0 Å². The summed E-state index contributed by atoms with van der Waals surface area (Å²) in [6.07, 6.45) is 1.17. The Balaban J connectivity index is 0. The van der Waals surface area contributed by atoms with Gasteiger partial charge in [-0.25, -0.2) is 0 Å². The highest BCUT2D eigenvalue weighted by atomic mass is 31.0. The molecule has 1 atom stereocenters. The first-order valence-corrected chi connectivity index (χ1v) is 5.34. The molecule has 70 valence electrons. The maximum absolute atomic E-state index is 2.58. The molecule has 0 fully saturated rings. The Bertz CT molecular complexity index is 146. The minimum absolute atomic E-state index is 1.17. The summed E-state index contributed by atoms with van der Waals surface area (Å²) in [5, 5.41) is 0. The first-order valence-electron chi connectivity index (χ1n) is 4.53. The Hall–Kier alpha value is -0.350. The van der Waals surface area contributed by atoms with Crippen molar-refractivity contribution in [1.82, 2.24) is 0 Å². The van der Waals surface area contributed by atoms with Crippen LogP contribution in [0.3, 0.4) is 0 Å². The molecule has 1 aromatic rings. The molecule has 0 aromatic heterocycles. The van der Waals surface area contributed by atoms with Crippen molar-refractivity contribution in [3.63, 3.8) is 0 Å². The van der Waals surface area contributed by atoms with Gasteiger partial charge in [-0.1, -0.05) is 56.7 Å². The molecule has 0 aliphatic heterocycles. The fourth-order valence-corrected chi connectivity index (χ4v) is 0.534. The zero-order chi connectivity index (χ0) is 9.82. The molecule has 0 bridgehead atoms. The molecular formula is C11H21P. The lowest BCUT2D eigenvalue weighted by atomic mass is 10.2. The molecule has 0 amide bonds. The Morgan fingerprint density at radius 1 is 1.08 bits per heavy atom. The van der Waals surface area contributed by atoms with Crippen molar-refractivity contribution in [2.24, 2.45) is 0 Å². The second-order valence-electron chi connectivity index (χ2n) is 2.06.